The van der Waals surface area contributed by atoms with Gasteiger partial charge in [0.05, 0.1) is 24.1 Å². The molecule has 0 fully saturated rings. The summed E-state index contributed by atoms with van der Waals surface area (Å²) < 4.78 is 0. The molecule has 2 aromatic rings. The zero-order chi connectivity index (χ0) is 20.3. The summed E-state index contributed by atoms with van der Waals surface area (Å²) in [4.78, 5) is 31.3. The van der Waals surface area contributed by atoms with Gasteiger partial charge in [0, 0.05) is 0 Å². The first kappa shape index (κ1) is 22.6. The summed E-state index contributed by atoms with van der Waals surface area (Å²) in [5.41, 5.74) is 21.1. The Hall–Kier alpha value is -3.38. The van der Waals surface area contributed by atoms with Gasteiger partial charge in [-0.15, -0.1) is 0 Å². The number of nitrogen functional groups attached to an aromatic ring is 4. The Bertz CT molecular complexity index is 636. The number of halogens is 2. The van der Waals surface area contributed by atoms with Crippen LogP contribution in [-0.4, -0.2) is 21.9 Å². The number of anilines is 4. The van der Waals surface area contributed by atoms with Crippen LogP contribution >= 0.6 is 23.2 Å². The molecule has 140 valence electrons. The Kier molecular flexibility index (Phi) is 9.76. The van der Waals surface area contributed by atoms with Crippen LogP contribution in [0.15, 0.2) is 24.3 Å². The van der Waals surface area contributed by atoms with Crippen LogP contribution < -0.4 is 43.1 Å². The molecule has 14 heteroatoms. The van der Waals surface area contributed by atoms with E-state index in [-0.39, 0.29) is 11.9 Å². The van der Waals surface area contributed by atoms with Crippen molar-refractivity contribution in [3.63, 3.8) is 0 Å². The van der Waals surface area contributed by atoms with E-state index in [1.54, 1.807) is 0 Å². The Labute approximate surface area is 156 Å². The lowest BCUT2D eigenvalue weighted by atomic mass is 10.5. The Morgan fingerprint density at radius 1 is 0.846 bits per heavy atom. The normalized spacial score (nSPS) is 9.46. The van der Waals surface area contributed by atoms with Crippen molar-refractivity contribution in [2.75, 3.05) is 22.9 Å². The molecule has 0 aliphatic carbocycles. The Balaban J connectivity index is 0.000000362. The molecular formula is C12H14Cl2N8O4. The van der Waals surface area contributed by atoms with E-state index in [1.165, 1.54) is 12.1 Å². The number of aromatic nitrogens is 4. The van der Waals surface area contributed by atoms with Crippen molar-refractivity contribution in [1.82, 2.24) is 9.97 Å². The number of carboxylic acid groups (broad SMARTS) is 2. The van der Waals surface area contributed by atoms with E-state index < -0.39 is 11.9 Å². The summed E-state index contributed by atoms with van der Waals surface area (Å²) in [5, 5.41) is 19.4. The van der Waals surface area contributed by atoms with Crippen molar-refractivity contribution < 1.29 is 29.8 Å². The molecule has 0 bridgehead atoms. The van der Waals surface area contributed by atoms with Crippen LogP contribution in [0.3, 0.4) is 0 Å². The van der Waals surface area contributed by atoms with Crippen molar-refractivity contribution in [1.29, 1.82) is 0 Å². The van der Waals surface area contributed by atoms with Crippen molar-refractivity contribution >= 4 is 58.7 Å². The number of carbonyl (C=O) groups excluding carboxylic acids is 2. The predicted molar refractivity (Wildman–Crippen MR) is 88.4 cm³/mol. The second-order valence-electron chi connectivity index (χ2n) is 4.06. The van der Waals surface area contributed by atoms with E-state index in [0.717, 1.165) is 0 Å². The maximum Gasteiger partial charge on any atom is 0.343 e. The van der Waals surface area contributed by atoms with Gasteiger partial charge in [-0.25, -0.2) is 9.97 Å². The standard InChI is InChI=1S/2C4H5ClN4.C4H4O4/c2*5-2-1-3(6)9-4(7)8-2;5-3(6)1-2-4(7)8/h2*1H,(H4,6,7,8,9);1-2H,(H,5,6)(H,7,8)/b;;2-1+. The summed E-state index contributed by atoms with van der Waals surface area (Å²) in [6.07, 6.45) is 0.769. The van der Waals surface area contributed by atoms with E-state index in [0.29, 0.717) is 34.1 Å². The zero-order valence-corrected chi connectivity index (χ0v) is 14.4. The number of hydrogen-bond acceptors (Lipinski definition) is 10. The van der Waals surface area contributed by atoms with Crippen LogP contribution in [-0.2, 0) is 9.59 Å². The number of nitrogens with one attached hydrogen (secondary N) is 2. The summed E-state index contributed by atoms with van der Waals surface area (Å²) in [6, 6.07) is 2.97. The van der Waals surface area contributed by atoms with Crippen LogP contribution in [0.25, 0.3) is 0 Å². The monoisotopic (exact) mass is 404 g/mol. The van der Waals surface area contributed by atoms with Gasteiger partial charge in [-0.05, 0) is 35.4 Å². The summed E-state index contributed by atoms with van der Waals surface area (Å²) in [5.74, 6) is -1.83. The molecule has 0 radical (unpaired) electrons. The molecule has 0 saturated carbocycles. The van der Waals surface area contributed by atoms with E-state index in [1.807, 2.05) is 0 Å². The highest BCUT2D eigenvalue weighted by Crippen LogP contribution is 2.05. The highest BCUT2D eigenvalue weighted by Gasteiger charge is 2.00. The fraction of sp³-hybridized carbons (Fsp3) is 0. The van der Waals surface area contributed by atoms with Crippen LogP contribution in [0.1, 0.15) is 0 Å². The number of carboxylic acids is 2. The second-order valence-corrected chi connectivity index (χ2v) is 4.83. The van der Waals surface area contributed by atoms with Crippen molar-refractivity contribution in [2.24, 2.45) is 0 Å². The topological polar surface area (TPSA) is 238 Å². The highest BCUT2D eigenvalue weighted by atomic mass is 35.5. The highest BCUT2D eigenvalue weighted by molar-refractivity contribution is 6.29. The predicted octanol–water partition coefficient (Wildman–Crippen LogP) is -3.53. The molecule has 10 N–H and O–H groups in total. The Morgan fingerprint density at radius 3 is 1.35 bits per heavy atom. The second kappa shape index (κ2) is 11.2. The average Bonchev–Trinajstić information content (AvgIpc) is 2.43. The minimum atomic E-state index is -1.55. The molecule has 0 spiro atoms. The SMILES string of the molecule is Nc1cc(Cl)nc(N)[nH+]1.Nc1cc(Cl)nc(N)[nH+]1.O=C([O-])/C=C/C(=O)[O-]. The lowest BCUT2D eigenvalue weighted by Crippen LogP contribution is -2.23. The molecule has 0 unspecified atom stereocenters. The molecule has 26 heavy (non-hydrogen) atoms. The molecule has 2 heterocycles. The first-order valence-corrected chi connectivity index (χ1v) is 7.06. The number of H-pyrrole nitrogens is 2. The van der Waals surface area contributed by atoms with Crippen LogP contribution in [0.5, 0.6) is 0 Å². The molecule has 2 aromatic heterocycles. The number of nitrogens with two attached hydrogens (primary N) is 4. The smallest absolute Gasteiger partial charge is 0.343 e. The van der Waals surface area contributed by atoms with Gasteiger partial charge in [-0.1, -0.05) is 9.97 Å². The maximum absolute atomic E-state index is 9.41. The summed E-state index contributed by atoms with van der Waals surface area (Å²) in [7, 11) is 0. The largest absolute Gasteiger partial charge is 0.545 e. The third-order valence-corrected chi connectivity index (χ3v) is 2.29. The van der Waals surface area contributed by atoms with Gasteiger partial charge in [0.1, 0.15) is 0 Å². The van der Waals surface area contributed by atoms with Crippen molar-refractivity contribution in [3.8, 4) is 0 Å². The molecule has 0 amide bonds. The molecule has 0 aromatic carbocycles. The number of hydrogen-bond donors (Lipinski definition) is 4. The first-order valence-electron chi connectivity index (χ1n) is 6.31. The quantitative estimate of drug-likeness (QED) is 0.283. The minimum absolute atomic E-state index is 0.222. The molecular weight excluding hydrogens is 391 g/mol. The van der Waals surface area contributed by atoms with Crippen LogP contribution in [0, 0.1) is 0 Å². The number of rotatable bonds is 2. The van der Waals surface area contributed by atoms with Gasteiger partial charge in [0.15, 0.2) is 21.9 Å². The minimum Gasteiger partial charge on any atom is -0.545 e. The molecule has 0 saturated heterocycles. The van der Waals surface area contributed by atoms with Crippen LogP contribution in [0.4, 0.5) is 23.5 Å². The lowest BCUT2D eigenvalue weighted by molar-refractivity contribution is -0.347. The van der Waals surface area contributed by atoms with Crippen molar-refractivity contribution in [3.05, 3.63) is 34.6 Å². The number of aliphatic carboxylic acids is 2. The van der Waals surface area contributed by atoms with Gasteiger partial charge in [-0.2, -0.15) is 0 Å². The number of nitrogens with zero attached hydrogens (tertiary/aromatic N) is 2. The van der Waals surface area contributed by atoms with E-state index in [4.69, 9.17) is 46.1 Å². The van der Waals surface area contributed by atoms with Crippen molar-refractivity contribution in [2.45, 2.75) is 0 Å². The van der Waals surface area contributed by atoms with E-state index in [9.17, 15) is 19.8 Å². The van der Waals surface area contributed by atoms with Gasteiger partial charge in [0.2, 0.25) is 0 Å². The molecule has 2 rings (SSSR count). The maximum atomic E-state index is 9.41. The number of aromatic amines is 2. The van der Waals surface area contributed by atoms with Gasteiger partial charge < -0.3 is 42.7 Å². The third-order valence-electron chi connectivity index (χ3n) is 1.90. The summed E-state index contributed by atoms with van der Waals surface area (Å²) >= 11 is 10.9. The zero-order valence-electron chi connectivity index (χ0n) is 12.9. The fourth-order valence-corrected chi connectivity index (χ4v) is 1.53. The van der Waals surface area contributed by atoms with Gasteiger partial charge >= 0.3 is 11.9 Å². The van der Waals surface area contributed by atoms with Crippen LogP contribution in [0.2, 0.25) is 10.3 Å². The summed E-state index contributed by atoms with van der Waals surface area (Å²) in [6.45, 7) is 0. The Morgan fingerprint density at radius 2 is 1.15 bits per heavy atom. The first-order chi connectivity index (χ1) is 12.0. The molecule has 0 aliphatic rings. The van der Waals surface area contributed by atoms with E-state index in [2.05, 4.69) is 19.9 Å². The fourth-order valence-electron chi connectivity index (χ4n) is 1.11. The molecule has 12 nitrogen and oxygen atoms in total. The average molecular weight is 405 g/mol. The molecule has 0 atom stereocenters. The third kappa shape index (κ3) is 12.1. The molecule has 0 aliphatic heterocycles. The van der Waals surface area contributed by atoms with Gasteiger partial charge in [0.25, 0.3) is 0 Å². The lowest BCUT2D eigenvalue weighted by Gasteiger charge is -1.90. The van der Waals surface area contributed by atoms with E-state index >= 15 is 0 Å². The van der Waals surface area contributed by atoms with Gasteiger partial charge in [-0.3, -0.25) is 0 Å². The number of carbonyl (C=O) groups is 2.